The summed E-state index contributed by atoms with van der Waals surface area (Å²) >= 11 is 0. The molecule has 2 heterocycles. The van der Waals surface area contributed by atoms with Crippen LogP contribution < -0.4 is 16.0 Å². The summed E-state index contributed by atoms with van der Waals surface area (Å²) in [5, 5.41) is 18.1. The average Bonchev–Trinajstić information content (AvgIpc) is 3.33. The van der Waals surface area contributed by atoms with E-state index in [1.54, 1.807) is 12.1 Å². The van der Waals surface area contributed by atoms with Crippen LogP contribution in [0.25, 0.3) is 10.9 Å². The molecule has 32 heavy (non-hydrogen) atoms. The van der Waals surface area contributed by atoms with Crippen molar-refractivity contribution >= 4 is 28.6 Å². The van der Waals surface area contributed by atoms with Crippen LogP contribution in [0.4, 0.5) is 4.39 Å². The molecule has 1 aromatic carbocycles. The molecule has 4 N–H and O–H groups in total. The zero-order valence-electron chi connectivity index (χ0n) is 18.4. The fraction of sp³-hybridized carbons (Fsp3) is 0.478. The van der Waals surface area contributed by atoms with E-state index in [2.05, 4.69) is 20.9 Å². The third-order valence-electron chi connectivity index (χ3n) is 5.44. The molecule has 3 amide bonds. The smallest absolute Gasteiger partial charge is 0.268 e. The van der Waals surface area contributed by atoms with Crippen LogP contribution in [0.1, 0.15) is 50.5 Å². The first-order chi connectivity index (χ1) is 15.1. The van der Waals surface area contributed by atoms with Gasteiger partial charge in [-0.25, -0.2) is 4.39 Å². The molecule has 0 aliphatic carbocycles. The Hall–Kier alpha value is -3.41. The van der Waals surface area contributed by atoms with Crippen LogP contribution in [0.15, 0.2) is 24.3 Å². The number of fused-ring (bicyclic) bond motifs is 1. The highest BCUT2D eigenvalue weighted by molar-refractivity contribution is 6.00. The van der Waals surface area contributed by atoms with E-state index >= 15 is 0 Å². The van der Waals surface area contributed by atoms with Gasteiger partial charge in [-0.1, -0.05) is 32.9 Å². The number of hydrogen-bond donors (Lipinski definition) is 4. The zero-order chi connectivity index (χ0) is 23.5. The zero-order valence-corrected chi connectivity index (χ0v) is 18.4. The van der Waals surface area contributed by atoms with E-state index in [4.69, 9.17) is 0 Å². The molecule has 0 bridgehead atoms. The van der Waals surface area contributed by atoms with E-state index < -0.39 is 29.7 Å². The van der Waals surface area contributed by atoms with E-state index in [9.17, 15) is 24.0 Å². The summed E-state index contributed by atoms with van der Waals surface area (Å²) < 4.78 is 14.0. The number of benzene rings is 1. The topological polar surface area (TPSA) is 127 Å². The highest BCUT2D eigenvalue weighted by Crippen LogP contribution is 2.23. The number of nitriles is 1. The largest absolute Gasteiger partial charge is 0.356 e. The highest BCUT2D eigenvalue weighted by atomic mass is 19.1. The maximum atomic E-state index is 14.0. The van der Waals surface area contributed by atoms with Gasteiger partial charge < -0.3 is 20.9 Å². The summed E-state index contributed by atoms with van der Waals surface area (Å²) in [4.78, 5) is 40.4. The minimum atomic E-state index is -0.910. The van der Waals surface area contributed by atoms with E-state index in [0.29, 0.717) is 24.8 Å². The van der Waals surface area contributed by atoms with Gasteiger partial charge in [-0.15, -0.1) is 0 Å². The number of nitrogens with zero attached hydrogens (tertiary/aromatic N) is 1. The lowest BCUT2D eigenvalue weighted by Crippen LogP contribution is -2.51. The Labute approximate surface area is 185 Å². The van der Waals surface area contributed by atoms with E-state index in [1.807, 2.05) is 26.8 Å². The molecule has 0 saturated carbocycles. The Morgan fingerprint density at radius 3 is 2.66 bits per heavy atom. The third kappa shape index (κ3) is 5.63. The number of nitrogens with one attached hydrogen (secondary N) is 4. The van der Waals surface area contributed by atoms with Crippen LogP contribution >= 0.6 is 0 Å². The fourth-order valence-corrected chi connectivity index (χ4v) is 3.87. The first kappa shape index (κ1) is 23.3. The molecule has 1 fully saturated rings. The number of carbonyl (C=O) groups is 3. The normalized spacial score (nSPS) is 18.0. The molecule has 1 aliphatic heterocycles. The molecule has 3 atom stereocenters. The molecule has 1 saturated heterocycles. The summed E-state index contributed by atoms with van der Waals surface area (Å²) in [6, 6.07) is 6.33. The van der Waals surface area contributed by atoms with Crippen molar-refractivity contribution in [3.63, 3.8) is 0 Å². The van der Waals surface area contributed by atoms with Gasteiger partial charge >= 0.3 is 0 Å². The number of rotatable bonds is 7. The van der Waals surface area contributed by atoms with Gasteiger partial charge in [0.1, 0.15) is 23.6 Å². The summed E-state index contributed by atoms with van der Waals surface area (Å²) in [7, 11) is 0. The lowest BCUT2D eigenvalue weighted by molar-refractivity contribution is -0.125. The maximum Gasteiger partial charge on any atom is 0.268 e. The number of para-hydroxylation sites is 1. The Balaban J connectivity index is 1.73. The van der Waals surface area contributed by atoms with Gasteiger partial charge in [0.25, 0.3) is 5.91 Å². The van der Waals surface area contributed by atoms with Crippen LogP contribution in [-0.2, 0) is 9.59 Å². The fourth-order valence-electron chi connectivity index (χ4n) is 3.87. The lowest BCUT2D eigenvalue weighted by atomic mass is 9.87. The quantitative estimate of drug-likeness (QED) is 0.526. The first-order valence-corrected chi connectivity index (χ1v) is 10.6. The van der Waals surface area contributed by atoms with Crippen LogP contribution in [0.2, 0.25) is 0 Å². The lowest BCUT2D eigenvalue weighted by Gasteiger charge is -2.27. The number of halogens is 1. The van der Waals surface area contributed by atoms with E-state index in [1.165, 1.54) is 12.1 Å². The van der Waals surface area contributed by atoms with Crippen LogP contribution in [0, 0.1) is 28.5 Å². The second kappa shape index (κ2) is 9.39. The van der Waals surface area contributed by atoms with E-state index in [-0.39, 0.29) is 34.9 Å². The van der Waals surface area contributed by atoms with Gasteiger partial charge in [-0.05, 0) is 36.8 Å². The Kier molecular flexibility index (Phi) is 6.82. The predicted molar refractivity (Wildman–Crippen MR) is 117 cm³/mol. The minimum Gasteiger partial charge on any atom is -0.356 e. The molecule has 8 nitrogen and oxygen atoms in total. The third-order valence-corrected chi connectivity index (χ3v) is 5.44. The first-order valence-electron chi connectivity index (χ1n) is 10.6. The van der Waals surface area contributed by atoms with Gasteiger partial charge in [-0.3, -0.25) is 14.4 Å². The highest BCUT2D eigenvalue weighted by Gasteiger charge is 2.32. The van der Waals surface area contributed by atoms with Gasteiger partial charge in [0.15, 0.2) is 0 Å². The molecule has 0 radical (unpaired) electrons. The number of aromatic amines is 1. The number of carbonyl (C=O) groups excluding carboxylic acids is 3. The minimum absolute atomic E-state index is 0.120. The molecule has 1 aliphatic rings. The SMILES string of the molecule is CC(C)(C)C[C@H](NC(=O)c1cc2cccc(F)c2[nH]1)C(=O)N[C@H](C#N)C[C@@H]1CCNC1=O. The van der Waals surface area contributed by atoms with Crippen LogP contribution in [-0.4, -0.2) is 41.3 Å². The molecular weight excluding hydrogens is 413 g/mol. The summed E-state index contributed by atoms with van der Waals surface area (Å²) in [6.45, 7) is 6.36. The number of hydrogen-bond acceptors (Lipinski definition) is 4. The number of amides is 3. The number of H-pyrrole nitrogens is 1. The van der Waals surface area contributed by atoms with Gasteiger partial charge in [0.2, 0.25) is 11.8 Å². The van der Waals surface area contributed by atoms with Crippen molar-refractivity contribution < 1.29 is 18.8 Å². The average molecular weight is 442 g/mol. The second-order valence-electron chi connectivity index (χ2n) is 9.38. The molecule has 170 valence electrons. The van der Waals surface area contributed by atoms with Crippen molar-refractivity contribution in [1.29, 1.82) is 5.26 Å². The standard InChI is InChI=1S/C23H28FN5O3/c1-23(2,3)11-18(22(32)27-15(12-25)9-14-7-8-26-20(14)30)29-21(31)17-10-13-5-4-6-16(24)19(13)28-17/h4-6,10,14-15,18,28H,7-9,11H2,1-3H3,(H,26,30)(H,27,32)(H,29,31)/t14-,15-,18-/m0/s1. The summed E-state index contributed by atoms with van der Waals surface area (Å²) in [6.07, 6.45) is 1.15. The van der Waals surface area contributed by atoms with Crippen molar-refractivity contribution in [2.75, 3.05) is 6.54 Å². The van der Waals surface area contributed by atoms with Gasteiger partial charge in [0, 0.05) is 17.8 Å². The second-order valence-corrected chi connectivity index (χ2v) is 9.38. The Morgan fingerprint density at radius 1 is 1.31 bits per heavy atom. The maximum absolute atomic E-state index is 14.0. The van der Waals surface area contributed by atoms with Crippen molar-refractivity contribution in [2.45, 2.75) is 52.1 Å². The Morgan fingerprint density at radius 2 is 2.06 bits per heavy atom. The predicted octanol–water partition coefficient (Wildman–Crippen LogP) is 2.38. The van der Waals surface area contributed by atoms with Crippen LogP contribution in [0.3, 0.4) is 0 Å². The van der Waals surface area contributed by atoms with Crippen molar-refractivity contribution in [3.8, 4) is 6.07 Å². The Bertz CT molecular complexity index is 1070. The monoisotopic (exact) mass is 441 g/mol. The molecular formula is C23H28FN5O3. The van der Waals surface area contributed by atoms with Gasteiger partial charge in [0.05, 0.1) is 11.6 Å². The summed E-state index contributed by atoms with van der Waals surface area (Å²) in [5.41, 5.74) is 0.0557. The van der Waals surface area contributed by atoms with Crippen molar-refractivity contribution in [1.82, 2.24) is 20.9 Å². The van der Waals surface area contributed by atoms with Crippen molar-refractivity contribution in [2.24, 2.45) is 11.3 Å². The molecule has 9 heteroatoms. The molecule has 1 aromatic heterocycles. The summed E-state index contributed by atoms with van der Waals surface area (Å²) in [5.74, 6) is -1.96. The van der Waals surface area contributed by atoms with Gasteiger partial charge in [-0.2, -0.15) is 5.26 Å². The van der Waals surface area contributed by atoms with E-state index in [0.717, 1.165) is 0 Å². The molecule has 3 rings (SSSR count). The van der Waals surface area contributed by atoms with Crippen LogP contribution in [0.5, 0.6) is 0 Å². The molecule has 2 aromatic rings. The number of aromatic nitrogens is 1. The molecule has 0 unspecified atom stereocenters. The van der Waals surface area contributed by atoms with Crippen molar-refractivity contribution in [3.05, 3.63) is 35.8 Å². The molecule has 0 spiro atoms.